The van der Waals surface area contributed by atoms with Gasteiger partial charge in [0.25, 0.3) is 0 Å². The zero-order valence-electron chi connectivity index (χ0n) is 12.9. The molecule has 1 heterocycles. The van der Waals surface area contributed by atoms with E-state index in [-0.39, 0.29) is 18.6 Å². The van der Waals surface area contributed by atoms with Crippen LogP contribution in [0.1, 0.15) is 45.1 Å². The molecule has 21 heavy (non-hydrogen) atoms. The van der Waals surface area contributed by atoms with Gasteiger partial charge in [-0.2, -0.15) is 0 Å². The fourth-order valence-electron chi connectivity index (χ4n) is 2.88. The SMILES string of the molecule is CC(C)Oc1ccc(CN2CCCCC2CC(=O)O)cc1. The molecule has 2 rings (SSSR count). The second-order valence-electron chi connectivity index (χ2n) is 6.03. The fourth-order valence-corrected chi connectivity index (χ4v) is 2.88. The minimum atomic E-state index is -0.701. The maximum Gasteiger partial charge on any atom is 0.304 e. The van der Waals surface area contributed by atoms with Crippen molar-refractivity contribution in [1.82, 2.24) is 4.90 Å². The Hall–Kier alpha value is -1.55. The molecule has 0 radical (unpaired) electrons. The Morgan fingerprint density at radius 1 is 1.33 bits per heavy atom. The van der Waals surface area contributed by atoms with Crippen LogP contribution < -0.4 is 4.74 Å². The van der Waals surface area contributed by atoms with Gasteiger partial charge in [-0.3, -0.25) is 9.69 Å². The van der Waals surface area contributed by atoms with Gasteiger partial charge in [-0.05, 0) is 50.9 Å². The van der Waals surface area contributed by atoms with Gasteiger partial charge in [-0.15, -0.1) is 0 Å². The Morgan fingerprint density at radius 2 is 2.05 bits per heavy atom. The molecule has 1 fully saturated rings. The van der Waals surface area contributed by atoms with E-state index in [2.05, 4.69) is 17.0 Å². The third-order valence-electron chi connectivity index (χ3n) is 3.84. The van der Waals surface area contributed by atoms with Gasteiger partial charge in [-0.25, -0.2) is 0 Å². The highest BCUT2D eigenvalue weighted by Crippen LogP contribution is 2.23. The highest BCUT2D eigenvalue weighted by atomic mass is 16.5. The molecule has 0 aromatic heterocycles. The topological polar surface area (TPSA) is 49.8 Å². The number of carbonyl (C=O) groups is 1. The van der Waals surface area contributed by atoms with Crippen molar-refractivity contribution < 1.29 is 14.6 Å². The summed E-state index contributed by atoms with van der Waals surface area (Å²) in [6, 6.07) is 8.30. The number of piperidine rings is 1. The van der Waals surface area contributed by atoms with Crippen molar-refractivity contribution in [3.05, 3.63) is 29.8 Å². The van der Waals surface area contributed by atoms with Crippen molar-refractivity contribution in [3.63, 3.8) is 0 Å². The number of benzene rings is 1. The first-order chi connectivity index (χ1) is 10.0. The van der Waals surface area contributed by atoms with Crippen LogP contribution in [0, 0.1) is 0 Å². The molecule has 0 aliphatic carbocycles. The smallest absolute Gasteiger partial charge is 0.304 e. The van der Waals surface area contributed by atoms with Gasteiger partial charge in [0.15, 0.2) is 0 Å². The van der Waals surface area contributed by atoms with Crippen LogP contribution in [-0.2, 0) is 11.3 Å². The number of likely N-dealkylation sites (tertiary alicyclic amines) is 1. The van der Waals surface area contributed by atoms with E-state index in [4.69, 9.17) is 9.84 Å². The van der Waals surface area contributed by atoms with Crippen molar-refractivity contribution in [3.8, 4) is 5.75 Å². The van der Waals surface area contributed by atoms with Crippen molar-refractivity contribution >= 4 is 5.97 Å². The van der Waals surface area contributed by atoms with E-state index in [9.17, 15) is 4.79 Å². The molecule has 1 N–H and O–H groups in total. The molecule has 0 spiro atoms. The largest absolute Gasteiger partial charge is 0.491 e. The number of nitrogens with zero attached hydrogens (tertiary/aromatic N) is 1. The number of ether oxygens (including phenoxy) is 1. The standard InChI is InChI=1S/C17H25NO3/c1-13(2)21-16-8-6-14(7-9-16)12-18-10-4-3-5-15(18)11-17(19)20/h6-9,13,15H,3-5,10-12H2,1-2H3,(H,19,20). The number of carboxylic acids is 1. The molecule has 1 aliphatic rings. The average molecular weight is 291 g/mol. The molecule has 4 heteroatoms. The van der Waals surface area contributed by atoms with E-state index in [1.807, 2.05) is 26.0 Å². The van der Waals surface area contributed by atoms with Crippen LogP contribution in [0.2, 0.25) is 0 Å². The lowest BCUT2D eigenvalue weighted by molar-refractivity contribution is -0.138. The molecule has 0 bridgehead atoms. The monoisotopic (exact) mass is 291 g/mol. The molecular weight excluding hydrogens is 266 g/mol. The zero-order valence-corrected chi connectivity index (χ0v) is 12.9. The maximum absolute atomic E-state index is 11.0. The molecular formula is C17H25NO3. The minimum absolute atomic E-state index is 0.169. The van der Waals surface area contributed by atoms with Gasteiger partial charge in [0.05, 0.1) is 12.5 Å². The van der Waals surface area contributed by atoms with E-state index < -0.39 is 5.97 Å². The van der Waals surface area contributed by atoms with Crippen molar-refractivity contribution in [2.75, 3.05) is 6.54 Å². The molecule has 1 aromatic carbocycles. The summed E-state index contributed by atoms with van der Waals surface area (Å²) in [6.07, 6.45) is 3.70. The molecule has 1 aromatic rings. The van der Waals surface area contributed by atoms with Crippen LogP contribution in [0.25, 0.3) is 0 Å². The molecule has 116 valence electrons. The predicted octanol–water partition coefficient (Wildman–Crippen LogP) is 3.30. The van der Waals surface area contributed by atoms with Crippen LogP contribution in [-0.4, -0.2) is 34.7 Å². The number of rotatable bonds is 6. The number of hydrogen-bond donors (Lipinski definition) is 1. The van der Waals surface area contributed by atoms with Crippen LogP contribution in [0.3, 0.4) is 0 Å². The van der Waals surface area contributed by atoms with Gasteiger partial charge in [0.1, 0.15) is 5.75 Å². The first-order valence-electron chi connectivity index (χ1n) is 7.76. The lowest BCUT2D eigenvalue weighted by atomic mass is 9.98. The third kappa shape index (κ3) is 5.05. The summed E-state index contributed by atoms with van der Waals surface area (Å²) >= 11 is 0. The second kappa shape index (κ2) is 7.46. The Kier molecular flexibility index (Phi) is 5.62. The highest BCUT2D eigenvalue weighted by molar-refractivity contribution is 5.67. The van der Waals surface area contributed by atoms with Gasteiger partial charge in [0.2, 0.25) is 0 Å². The average Bonchev–Trinajstić information content (AvgIpc) is 2.42. The summed E-state index contributed by atoms with van der Waals surface area (Å²) in [7, 11) is 0. The van der Waals surface area contributed by atoms with E-state index in [1.54, 1.807) is 0 Å². The Morgan fingerprint density at radius 3 is 2.67 bits per heavy atom. The van der Waals surface area contributed by atoms with E-state index in [0.29, 0.717) is 0 Å². The number of aliphatic carboxylic acids is 1. The van der Waals surface area contributed by atoms with Crippen molar-refractivity contribution in [1.29, 1.82) is 0 Å². The highest BCUT2D eigenvalue weighted by Gasteiger charge is 2.24. The normalized spacial score (nSPS) is 19.7. The summed E-state index contributed by atoms with van der Waals surface area (Å²) in [5.74, 6) is 0.182. The molecule has 1 saturated heterocycles. The van der Waals surface area contributed by atoms with Crippen LogP contribution >= 0.6 is 0 Å². The third-order valence-corrected chi connectivity index (χ3v) is 3.84. The van der Waals surface area contributed by atoms with Crippen molar-refractivity contribution in [2.24, 2.45) is 0 Å². The molecule has 1 aliphatic heterocycles. The lowest BCUT2D eigenvalue weighted by Gasteiger charge is -2.35. The quantitative estimate of drug-likeness (QED) is 0.873. The molecule has 0 saturated carbocycles. The van der Waals surface area contributed by atoms with Crippen LogP contribution in [0.4, 0.5) is 0 Å². The maximum atomic E-state index is 11.0. The van der Waals surface area contributed by atoms with Gasteiger partial charge >= 0.3 is 5.97 Å². The van der Waals surface area contributed by atoms with E-state index >= 15 is 0 Å². The summed E-state index contributed by atoms with van der Waals surface area (Å²) in [5, 5.41) is 9.03. The number of hydrogen-bond acceptors (Lipinski definition) is 3. The second-order valence-corrected chi connectivity index (χ2v) is 6.03. The van der Waals surface area contributed by atoms with Gasteiger partial charge in [-0.1, -0.05) is 18.6 Å². The minimum Gasteiger partial charge on any atom is -0.491 e. The van der Waals surface area contributed by atoms with Crippen LogP contribution in [0.5, 0.6) is 5.75 Å². The Labute approximate surface area is 126 Å². The van der Waals surface area contributed by atoms with E-state index in [1.165, 1.54) is 5.56 Å². The predicted molar refractivity (Wildman–Crippen MR) is 82.5 cm³/mol. The lowest BCUT2D eigenvalue weighted by Crippen LogP contribution is -2.40. The molecule has 1 atom stereocenters. The molecule has 1 unspecified atom stereocenters. The van der Waals surface area contributed by atoms with Crippen molar-refractivity contribution in [2.45, 2.75) is 58.2 Å². The summed E-state index contributed by atoms with van der Waals surface area (Å²) < 4.78 is 5.64. The van der Waals surface area contributed by atoms with Gasteiger partial charge < -0.3 is 9.84 Å². The first kappa shape index (κ1) is 15.8. The fraction of sp³-hybridized carbons (Fsp3) is 0.588. The van der Waals surface area contributed by atoms with Gasteiger partial charge in [0, 0.05) is 12.6 Å². The summed E-state index contributed by atoms with van der Waals surface area (Å²) in [4.78, 5) is 13.3. The number of carboxylic acid groups (broad SMARTS) is 1. The molecule has 4 nitrogen and oxygen atoms in total. The summed E-state index contributed by atoms with van der Waals surface area (Å²) in [5.41, 5.74) is 1.21. The Balaban J connectivity index is 1.96. The van der Waals surface area contributed by atoms with Crippen LogP contribution in [0.15, 0.2) is 24.3 Å². The first-order valence-corrected chi connectivity index (χ1v) is 7.76. The molecule has 0 amide bonds. The zero-order chi connectivity index (χ0) is 15.2. The summed E-state index contributed by atoms with van der Waals surface area (Å²) in [6.45, 7) is 5.83. The van der Waals surface area contributed by atoms with E-state index in [0.717, 1.165) is 38.1 Å². The Bertz CT molecular complexity index is 456.